The van der Waals surface area contributed by atoms with Crippen LogP contribution in [0.1, 0.15) is 18.4 Å². The number of rotatable bonds is 3. The van der Waals surface area contributed by atoms with Gasteiger partial charge in [0.1, 0.15) is 6.54 Å². The number of hydrogen-bond donors (Lipinski definition) is 1. The van der Waals surface area contributed by atoms with Gasteiger partial charge in [0.05, 0.1) is 17.4 Å². The van der Waals surface area contributed by atoms with E-state index in [2.05, 4.69) is 21.2 Å². The lowest BCUT2D eigenvalue weighted by Gasteiger charge is -2.15. The van der Waals surface area contributed by atoms with Crippen LogP contribution < -0.4 is 5.32 Å². The lowest BCUT2D eigenvalue weighted by atomic mass is 9.85. The van der Waals surface area contributed by atoms with Crippen LogP contribution in [0.15, 0.2) is 34.8 Å². The number of carbonyl (C=O) groups excluding carboxylic acids is 3. The Morgan fingerprint density at radius 2 is 1.73 bits per heavy atom. The number of allylic oxidation sites excluding steroid dienone is 2. The molecule has 5 nitrogen and oxygen atoms in total. The van der Waals surface area contributed by atoms with Crippen molar-refractivity contribution < 1.29 is 27.6 Å². The molecule has 1 aliphatic heterocycles. The van der Waals surface area contributed by atoms with Gasteiger partial charge < -0.3 is 5.32 Å². The van der Waals surface area contributed by atoms with E-state index in [0.717, 1.165) is 11.0 Å². The monoisotopic (exact) mass is 430 g/mol. The van der Waals surface area contributed by atoms with E-state index in [4.69, 9.17) is 0 Å². The van der Waals surface area contributed by atoms with Gasteiger partial charge in [0.2, 0.25) is 17.7 Å². The van der Waals surface area contributed by atoms with Crippen LogP contribution in [-0.2, 0) is 20.6 Å². The van der Waals surface area contributed by atoms with Crippen LogP contribution in [0.5, 0.6) is 0 Å². The van der Waals surface area contributed by atoms with Crippen LogP contribution in [0.25, 0.3) is 0 Å². The topological polar surface area (TPSA) is 66.5 Å². The summed E-state index contributed by atoms with van der Waals surface area (Å²) in [5.74, 6) is -2.46. The van der Waals surface area contributed by atoms with E-state index in [1.807, 2.05) is 12.2 Å². The van der Waals surface area contributed by atoms with Crippen LogP contribution in [0.3, 0.4) is 0 Å². The molecule has 2 atom stereocenters. The number of carbonyl (C=O) groups is 3. The molecule has 3 rings (SSSR count). The zero-order valence-electron chi connectivity index (χ0n) is 13.3. The molecule has 0 spiro atoms. The number of alkyl halides is 3. The zero-order chi connectivity index (χ0) is 19.1. The Kier molecular flexibility index (Phi) is 4.92. The summed E-state index contributed by atoms with van der Waals surface area (Å²) >= 11 is 2.82. The van der Waals surface area contributed by atoms with E-state index in [1.54, 1.807) is 0 Å². The molecule has 1 N–H and O–H groups in total. The molecule has 1 aromatic carbocycles. The molecular formula is C17H14BrF3N2O3. The Morgan fingerprint density at radius 1 is 1.15 bits per heavy atom. The Hall–Kier alpha value is -2.16. The summed E-state index contributed by atoms with van der Waals surface area (Å²) in [6.45, 7) is -0.512. The average Bonchev–Trinajstić information content (AvgIpc) is 2.81. The second kappa shape index (κ2) is 6.86. The van der Waals surface area contributed by atoms with Gasteiger partial charge in [-0.25, -0.2) is 0 Å². The highest BCUT2D eigenvalue weighted by molar-refractivity contribution is 9.10. The zero-order valence-corrected chi connectivity index (χ0v) is 14.9. The Balaban J connectivity index is 1.70. The number of nitrogens with zero attached hydrogens (tertiary/aromatic N) is 1. The van der Waals surface area contributed by atoms with Gasteiger partial charge in [0.25, 0.3) is 0 Å². The van der Waals surface area contributed by atoms with Crippen molar-refractivity contribution in [1.29, 1.82) is 0 Å². The molecule has 9 heteroatoms. The molecule has 1 heterocycles. The molecule has 1 fully saturated rings. The number of benzene rings is 1. The molecule has 26 heavy (non-hydrogen) atoms. The standard InChI is InChI=1S/C17H14BrF3N2O3/c18-13-6-5-9(7-12(13)17(19,20)21)22-14(24)8-23-15(25)10-3-1-2-4-11(10)16(23)26/h1-2,5-7,10-11H,3-4,8H2,(H,22,24)/t10-,11-/m1/s1. The maximum Gasteiger partial charge on any atom is 0.417 e. The van der Waals surface area contributed by atoms with E-state index >= 15 is 0 Å². The number of halogens is 4. The average molecular weight is 431 g/mol. The molecule has 0 radical (unpaired) electrons. The Morgan fingerprint density at radius 3 is 2.27 bits per heavy atom. The number of nitrogens with one attached hydrogen (secondary N) is 1. The maximum atomic E-state index is 12.9. The molecular weight excluding hydrogens is 417 g/mol. The Bertz CT molecular complexity index is 781. The van der Waals surface area contributed by atoms with Crippen LogP contribution in [0.2, 0.25) is 0 Å². The van der Waals surface area contributed by atoms with Gasteiger partial charge in [-0.3, -0.25) is 19.3 Å². The van der Waals surface area contributed by atoms with E-state index in [9.17, 15) is 27.6 Å². The molecule has 138 valence electrons. The summed E-state index contributed by atoms with van der Waals surface area (Å²) in [6, 6.07) is 3.26. The summed E-state index contributed by atoms with van der Waals surface area (Å²) < 4.78 is 38.6. The van der Waals surface area contributed by atoms with Crippen LogP contribution in [0, 0.1) is 11.8 Å². The predicted octanol–water partition coefficient (Wildman–Crippen LogP) is 3.36. The minimum Gasteiger partial charge on any atom is -0.325 e. The summed E-state index contributed by atoms with van der Waals surface area (Å²) in [6.07, 6.45) is -0.0139. The van der Waals surface area contributed by atoms with Crippen LogP contribution in [-0.4, -0.2) is 29.2 Å². The number of imide groups is 1. The first-order chi connectivity index (χ1) is 12.2. The number of anilines is 1. The van der Waals surface area contributed by atoms with Crippen LogP contribution >= 0.6 is 15.9 Å². The Labute approximate surface area is 155 Å². The largest absolute Gasteiger partial charge is 0.417 e. The van der Waals surface area contributed by atoms with E-state index in [1.165, 1.54) is 12.1 Å². The highest BCUT2D eigenvalue weighted by atomic mass is 79.9. The molecule has 0 bridgehead atoms. The van der Waals surface area contributed by atoms with Crippen molar-refractivity contribution in [2.45, 2.75) is 19.0 Å². The molecule has 0 aromatic heterocycles. The highest BCUT2D eigenvalue weighted by Gasteiger charge is 2.47. The second-order valence-electron chi connectivity index (χ2n) is 6.16. The van der Waals surface area contributed by atoms with Crippen molar-refractivity contribution in [2.75, 3.05) is 11.9 Å². The molecule has 1 aliphatic carbocycles. The lowest BCUT2D eigenvalue weighted by molar-refractivity contribution is -0.142. The fraction of sp³-hybridized carbons (Fsp3) is 0.353. The van der Waals surface area contributed by atoms with Crippen molar-refractivity contribution in [3.8, 4) is 0 Å². The fourth-order valence-corrected chi connectivity index (χ4v) is 3.66. The molecule has 3 amide bonds. The molecule has 1 saturated heterocycles. The van der Waals surface area contributed by atoms with Gasteiger partial charge in [0.15, 0.2) is 0 Å². The summed E-state index contributed by atoms with van der Waals surface area (Å²) in [5, 5.41) is 2.31. The van der Waals surface area contributed by atoms with Crippen molar-refractivity contribution >= 4 is 39.3 Å². The third-order valence-corrected chi connectivity index (χ3v) is 5.15. The lowest BCUT2D eigenvalue weighted by Crippen LogP contribution is -2.38. The first-order valence-electron chi connectivity index (χ1n) is 7.85. The molecule has 1 aromatic rings. The number of likely N-dealkylation sites (tertiary alicyclic amines) is 1. The first kappa shape index (κ1) is 18.6. The van der Waals surface area contributed by atoms with Crippen molar-refractivity contribution in [2.24, 2.45) is 11.8 Å². The van der Waals surface area contributed by atoms with Crippen molar-refractivity contribution in [1.82, 2.24) is 4.90 Å². The quantitative estimate of drug-likeness (QED) is 0.590. The molecule has 0 unspecified atom stereocenters. The summed E-state index contributed by atoms with van der Waals surface area (Å²) in [5.41, 5.74) is -0.996. The fourth-order valence-electron chi connectivity index (χ4n) is 3.19. The van der Waals surface area contributed by atoms with E-state index in [0.29, 0.717) is 12.8 Å². The van der Waals surface area contributed by atoms with E-state index < -0.39 is 47.8 Å². The third-order valence-electron chi connectivity index (χ3n) is 4.46. The first-order valence-corrected chi connectivity index (χ1v) is 8.64. The minimum atomic E-state index is -4.58. The number of amides is 3. The van der Waals surface area contributed by atoms with Crippen molar-refractivity contribution in [3.05, 3.63) is 40.4 Å². The second-order valence-corrected chi connectivity index (χ2v) is 7.01. The smallest absolute Gasteiger partial charge is 0.325 e. The minimum absolute atomic E-state index is 0.0660. The van der Waals surface area contributed by atoms with Gasteiger partial charge in [-0.1, -0.05) is 28.1 Å². The predicted molar refractivity (Wildman–Crippen MR) is 89.8 cm³/mol. The third kappa shape index (κ3) is 3.53. The van der Waals surface area contributed by atoms with Gasteiger partial charge >= 0.3 is 6.18 Å². The number of fused-ring (bicyclic) bond motifs is 1. The normalized spacial score (nSPS) is 22.5. The maximum absolute atomic E-state index is 12.9. The van der Waals surface area contributed by atoms with Crippen molar-refractivity contribution in [3.63, 3.8) is 0 Å². The van der Waals surface area contributed by atoms with Crippen LogP contribution in [0.4, 0.5) is 18.9 Å². The van der Waals surface area contributed by atoms with Gasteiger partial charge in [0, 0.05) is 10.2 Å². The highest BCUT2D eigenvalue weighted by Crippen LogP contribution is 2.37. The van der Waals surface area contributed by atoms with E-state index in [-0.39, 0.29) is 10.2 Å². The van der Waals surface area contributed by atoms with Gasteiger partial charge in [-0.15, -0.1) is 0 Å². The van der Waals surface area contributed by atoms with Gasteiger partial charge in [-0.05, 0) is 31.0 Å². The number of hydrogen-bond acceptors (Lipinski definition) is 3. The van der Waals surface area contributed by atoms with Gasteiger partial charge in [-0.2, -0.15) is 13.2 Å². The molecule has 0 saturated carbocycles. The summed E-state index contributed by atoms with van der Waals surface area (Å²) in [7, 11) is 0. The summed E-state index contributed by atoms with van der Waals surface area (Å²) in [4.78, 5) is 37.6. The SMILES string of the molecule is O=C(CN1C(=O)[C@@H]2CC=CC[C@H]2C1=O)Nc1ccc(Br)c(C(F)(F)F)c1. The molecule has 2 aliphatic rings.